The number of nitrogens with zero attached hydrogens (tertiary/aromatic N) is 1. The van der Waals surface area contributed by atoms with Gasteiger partial charge in [-0.25, -0.2) is 0 Å². The molecule has 4 nitrogen and oxygen atoms in total. The Kier molecular flexibility index (Phi) is 5.20. The molecule has 1 fully saturated rings. The highest BCUT2D eigenvalue weighted by atomic mass is 19.4. The van der Waals surface area contributed by atoms with Gasteiger partial charge in [0, 0.05) is 12.5 Å². The molecular weight excluding hydrogens is 263 g/mol. The number of hydrogen-bond acceptors (Lipinski definition) is 2. The van der Waals surface area contributed by atoms with Crippen LogP contribution in [-0.4, -0.2) is 41.1 Å². The third kappa shape index (κ3) is 4.72. The molecule has 2 atom stereocenters. The second kappa shape index (κ2) is 6.25. The Balaban J connectivity index is 2.65. The Morgan fingerprint density at radius 2 is 1.84 bits per heavy atom. The van der Waals surface area contributed by atoms with E-state index >= 15 is 0 Å². The van der Waals surface area contributed by atoms with Crippen molar-refractivity contribution >= 4 is 11.9 Å². The molecule has 1 aliphatic rings. The molecule has 0 radical (unpaired) electrons. The number of rotatable bonds is 5. The quantitative estimate of drug-likeness (QED) is 0.841. The van der Waals surface area contributed by atoms with Crippen LogP contribution in [0.4, 0.5) is 13.2 Å². The maximum absolute atomic E-state index is 12.4. The van der Waals surface area contributed by atoms with Gasteiger partial charge in [-0.3, -0.25) is 9.59 Å². The van der Waals surface area contributed by atoms with Crippen LogP contribution < -0.4 is 0 Å². The van der Waals surface area contributed by atoms with E-state index in [1.54, 1.807) is 6.92 Å². The van der Waals surface area contributed by atoms with Gasteiger partial charge in [0.05, 0.1) is 5.92 Å². The van der Waals surface area contributed by atoms with E-state index in [0.29, 0.717) is 19.3 Å². The lowest BCUT2D eigenvalue weighted by Crippen LogP contribution is -2.42. The first-order valence-corrected chi connectivity index (χ1v) is 6.33. The van der Waals surface area contributed by atoms with Crippen molar-refractivity contribution in [1.82, 2.24) is 4.90 Å². The molecular formula is C12H18F3NO3. The predicted octanol–water partition coefficient (Wildman–Crippen LogP) is 2.29. The Bertz CT molecular complexity index is 344. The fourth-order valence-corrected chi connectivity index (χ4v) is 2.44. The Labute approximate surface area is 109 Å². The van der Waals surface area contributed by atoms with Crippen LogP contribution in [0.5, 0.6) is 0 Å². The van der Waals surface area contributed by atoms with E-state index in [9.17, 15) is 22.8 Å². The fraction of sp³-hybridized carbons (Fsp3) is 0.833. The van der Waals surface area contributed by atoms with Crippen LogP contribution in [-0.2, 0) is 9.59 Å². The Morgan fingerprint density at radius 1 is 1.26 bits per heavy atom. The summed E-state index contributed by atoms with van der Waals surface area (Å²) in [5.74, 6) is -2.74. The molecule has 1 N–H and O–H groups in total. The molecule has 7 heteroatoms. The summed E-state index contributed by atoms with van der Waals surface area (Å²) in [7, 11) is 0. The number of alkyl halides is 3. The van der Waals surface area contributed by atoms with Crippen molar-refractivity contribution in [3.05, 3.63) is 0 Å². The number of carboxylic acid groups (broad SMARTS) is 1. The largest absolute Gasteiger partial charge is 0.481 e. The van der Waals surface area contributed by atoms with Crippen molar-refractivity contribution in [2.45, 2.75) is 38.8 Å². The van der Waals surface area contributed by atoms with Crippen molar-refractivity contribution in [2.24, 2.45) is 11.8 Å². The Hall–Kier alpha value is -1.27. The van der Waals surface area contributed by atoms with Gasteiger partial charge in [-0.2, -0.15) is 13.2 Å². The van der Waals surface area contributed by atoms with Gasteiger partial charge >= 0.3 is 12.1 Å². The first-order chi connectivity index (χ1) is 8.74. The smallest absolute Gasteiger partial charge is 0.406 e. The number of amides is 1. The van der Waals surface area contributed by atoms with E-state index in [1.807, 2.05) is 0 Å². The number of halogens is 3. The minimum atomic E-state index is -4.42. The highest BCUT2D eigenvalue weighted by Crippen LogP contribution is 2.33. The van der Waals surface area contributed by atoms with Gasteiger partial charge in [-0.05, 0) is 25.7 Å². The minimum Gasteiger partial charge on any atom is -0.481 e. The lowest BCUT2D eigenvalue weighted by molar-refractivity contribution is -0.163. The summed E-state index contributed by atoms with van der Waals surface area (Å²) in [4.78, 5) is 23.6. The van der Waals surface area contributed by atoms with E-state index in [1.165, 1.54) is 0 Å². The molecule has 0 aromatic carbocycles. The van der Waals surface area contributed by atoms with Crippen LogP contribution in [0.3, 0.4) is 0 Å². The summed E-state index contributed by atoms with van der Waals surface area (Å²) in [5.41, 5.74) is 0. The summed E-state index contributed by atoms with van der Waals surface area (Å²) in [6.45, 7) is 0.492. The van der Waals surface area contributed by atoms with Gasteiger partial charge in [0.1, 0.15) is 6.54 Å². The zero-order valence-corrected chi connectivity index (χ0v) is 10.7. The molecule has 1 aliphatic carbocycles. The minimum absolute atomic E-state index is 0.0482. The molecule has 1 saturated carbocycles. The number of carbonyl (C=O) groups is 2. The second-order valence-electron chi connectivity index (χ2n) is 4.92. The molecule has 0 bridgehead atoms. The average Bonchev–Trinajstić information content (AvgIpc) is 2.75. The maximum atomic E-state index is 12.4. The van der Waals surface area contributed by atoms with E-state index < -0.39 is 36.4 Å². The first kappa shape index (κ1) is 15.8. The SMILES string of the molecule is CCCN(CC(F)(F)F)C(=O)C1CCC(C(=O)O)C1. The molecule has 0 spiro atoms. The van der Waals surface area contributed by atoms with Crippen LogP contribution in [0.15, 0.2) is 0 Å². The molecule has 1 amide bonds. The topological polar surface area (TPSA) is 57.6 Å². The highest BCUT2D eigenvalue weighted by molar-refractivity contribution is 5.81. The molecule has 1 rings (SSSR count). The van der Waals surface area contributed by atoms with Gasteiger partial charge in [0.2, 0.25) is 5.91 Å². The highest BCUT2D eigenvalue weighted by Gasteiger charge is 2.39. The summed E-state index contributed by atoms with van der Waals surface area (Å²) < 4.78 is 37.2. The zero-order valence-electron chi connectivity index (χ0n) is 10.7. The summed E-state index contributed by atoms with van der Waals surface area (Å²) in [6, 6.07) is 0. The number of carboxylic acids is 1. The monoisotopic (exact) mass is 281 g/mol. The molecule has 19 heavy (non-hydrogen) atoms. The van der Waals surface area contributed by atoms with Gasteiger partial charge in [-0.15, -0.1) is 0 Å². The number of carbonyl (C=O) groups excluding carboxylic acids is 1. The van der Waals surface area contributed by atoms with Crippen LogP contribution in [0.25, 0.3) is 0 Å². The predicted molar refractivity (Wildman–Crippen MR) is 61.4 cm³/mol. The van der Waals surface area contributed by atoms with Crippen molar-refractivity contribution < 1.29 is 27.9 Å². The molecule has 0 aliphatic heterocycles. The molecule has 0 heterocycles. The average molecular weight is 281 g/mol. The number of aliphatic carboxylic acids is 1. The van der Waals surface area contributed by atoms with Gasteiger partial charge in [0.15, 0.2) is 0 Å². The van der Waals surface area contributed by atoms with Crippen molar-refractivity contribution in [1.29, 1.82) is 0 Å². The van der Waals surface area contributed by atoms with Crippen LogP contribution in [0.1, 0.15) is 32.6 Å². The van der Waals surface area contributed by atoms with E-state index in [-0.39, 0.29) is 13.0 Å². The number of hydrogen-bond donors (Lipinski definition) is 1. The standard InChI is InChI=1S/C12H18F3NO3/c1-2-5-16(7-12(13,14)15)10(17)8-3-4-9(6-8)11(18)19/h8-9H,2-7H2,1H3,(H,18,19). The van der Waals surface area contributed by atoms with Crippen LogP contribution in [0, 0.1) is 11.8 Å². The molecule has 0 aromatic rings. The van der Waals surface area contributed by atoms with Crippen LogP contribution in [0.2, 0.25) is 0 Å². The van der Waals surface area contributed by atoms with Crippen molar-refractivity contribution in [3.8, 4) is 0 Å². The van der Waals surface area contributed by atoms with E-state index in [0.717, 1.165) is 4.90 Å². The maximum Gasteiger partial charge on any atom is 0.406 e. The van der Waals surface area contributed by atoms with Gasteiger partial charge < -0.3 is 10.0 Å². The second-order valence-corrected chi connectivity index (χ2v) is 4.92. The molecule has 2 unspecified atom stereocenters. The fourth-order valence-electron chi connectivity index (χ4n) is 2.44. The zero-order chi connectivity index (χ0) is 14.6. The van der Waals surface area contributed by atoms with Gasteiger partial charge in [-0.1, -0.05) is 6.92 Å². The lowest BCUT2D eigenvalue weighted by Gasteiger charge is -2.26. The third-order valence-electron chi connectivity index (χ3n) is 3.31. The van der Waals surface area contributed by atoms with Gasteiger partial charge in [0.25, 0.3) is 0 Å². The normalized spacial score (nSPS) is 23.4. The lowest BCUT2D eigenvalue weighted by atomic mass is 10.0. The van der Waals surface area contributed by atoms with E-state index in [2.05, 4.69) is 0 Å². The van der Waals surface area contributed by atoms with Crippen LogP contribution >= 0.6 is 0 Å². The third-order valence-corrected chi connectivity index (χ3v) is 3.31. The van der Waals surface area contributed by atoms with E-state index in [4.69, 9.17) is 5.11 Å². The Morgan fingerprint density at radius 3 is 2.26 bits per heavy atom. The summed E-state index contributed by atoms with van der Waals surface area (Å²) >= 11 is 0. The van der Waals surface area contributed by atoms with Crippen molar-refractivity contribution in [3.63, 3.8) is 0 Å². The summed E-state index contributed by atoms with van der Waals surface area (Å²) in [5, 5.41) is 8.84. The molecule has 0 saturated heterocycles. The van der Waals surface area contributed by atoms with Crippen molar-refractivity contribution in [2.75, 3.05) is 13.1 Å². The summed E-state index contributed by atoms with van der Waals surface area (Å²) in [6.07, 6.45) is -3.12. The molecule has 110 valence electrons. The first-order valence-electron chi connectivity index (χ1n) is 6.33. The molecule has 0 aromatic heterocycles.